The van der Waals surface area contributed by atoms with E-state index in [9.17, 15) is 18.0 Å². The highest BCUT2D eigenvalue weighted by Gasteiger charge is 2.24. The summed E-state index contributed by atoms with van der Waals surface area (Å²) in [6, 6.07) is 16.6. The molecule has 3 aromatic carbocycles. The maximum Gasteiger partial charge on any atom is 0.326 e. The lowest BCUT2D eigenvalue weighted by atomic mass is 10.1. The van der Waals surface area contributed by atoms with Crippen LogP contribution in [0.1, 0.15) is 17.3 Å². The molecular weight excluding hydrogens is 406 g/mol. The molecule has 0 heterocycles. The number of sulfonamides is 1. The van der Waals surface area contributed by atoms with Crippen LogP contribution in [0.15, 0.2) is 65.6 Å². The second-order valence-electron chi connectivity index (χ2n) is 6.67. The van der Waals surface area contributed by atoms with E-state index < -0.39 is 22.5 Å². The van der Waals surface area contributed by atoms with Gasteiger partial charge in [-0.1, -0.05) is 30.3 Å². The molecule has 8 heteroatoms. The number of ketones is 1. The number of methoxy groups -OCH3 is 1. The van der Waals surface area contributed by atoms with E-state index in [4.69, 9.17) is 9.47 Å². The molecule has 0 amide bonds. The van der Waals surface area contributed by atoms with Crippen molar-refractivity contribution in [2.75, 3.05) is 20.7 Å². The molecule has 0 aliphatic heterocycles. The SMILES string of the molecule is COc1cc(C(C)=O)ccc1OC(=O)CN(C)S(=O)(=O)c1ccc2ccccc2c1. The first-order valence-electron chi connectivity index (χ1n) is 9.07. The minimum atomic E-state index is -3.89. The molecule has 0 bridgehead atoms. The largest absolute Gasteiger partial charge is 0.493 e. The number of fused-ring (bicyclic) bond motifs is 1. The second kappa shape index (κ2) is 8.64. The summed E-state index contributed by atoms with van der Waals surface area (Å²) in [6.45, 7) is 0.917. The Bertz CT molecular complexity index is 1220. The van der Waals surface area contributed by atoms with E-state index in [0.717, 1.165) is 15.1 Å². The first kappa shape index (κ1) is 21.5. The van der Waals surface area contributed by atoms with Gasteiger partial charge in [-0.05, 0) is 48.0 Å². The number of carbonyl (C=O) groups excluding carboxylic acids is 2. The zero-order valence-corrected chi connectivity index (χ0v) is 17.6. The minimum Gasteiger partial charge on any atom is -0.493 e. The highest BCUT2D eigenvalue weighted by molar-refractivity contribution is 7.89. The number of rotatable bonds is 7. The zero-order chi connectivity index (χ0) is 21.9. The lowest BCUT2D eigenvalue weighted by molar-refractivity contribution is -0.134. The molecule has 0 radical (unpaired) electrons. The van der Waals surface area contributed by atoms with Crippen LogP contribution < -0.4 is 9.47 Å². The van der Waals surface area contributed by atoms with Crippen molar-refractivity contribution in [1.82, 2.24) is 4.31 Å². The monoisotopic (exact) mass is 427 g/mol. The van der Waals surface area contributed by atoms with Gasteiger partial charge in [0.05, 0.1) is 12.0 Å². The van der Waals surface area contributed by atoms with Crippen molar-refractivity contribution in [3.05, 3.63) is 66.2 Å². The van der Waals surface area contributed by atoms with Gasteiger partial charge in [-0.25, -0.2) is 8.42 Å². The van der Waals surface area contributed by atoms with Gasteiger partial charge in [-0.3, -0.25) is 9.59 Å². The maximum absolute atomic E-state index is 12.9. The summed E-state index contributed by atoms with van der Waals surface area (Å²) in [5.74, 6) is -0.636. The summed E-state index contributed by atoms with van der Waals surface area (Å²) in [7, 11) is -1.21. The van der Waals surface area contributed by atoms with Crippen LogP contribution in [0.25, 0.3) is 10.8 Å². The van der Waals surface area contributed by atoms with Crippen molar-refractivity contribution < 1.29 is 27.5 Å². The Morgan fingerprint density at radius 3 is 2.30 bits per heavy atom. The predicted molar refractivity (Wildman–Crippen MR) is 112 cm³/mol. The third kappa shape index (κ3) is 4.50. The third-order valence-electron chi connectivity index (χ3n) is 4.57. The molecular formula is C22H21NO6S. The van der Waals surface area contributed by atoms with Crippen molar-refractivity contribution in [2.24, 2.45) is 0 Å². The summed E-state index contributed by atoms with van der Waals surface area (Å²) in [5, 5.41) is 1.70. The fourth-order valence-electron chi connectivity index (χ4n) is 2.90. The number of hydrogen-bond acceptors (Lipinski definition) is 6. The van der Waals surface area contributed by atoms with E-state index >= 15 is 0 Å². The molecule has 0 aliphatic rings. The zero-order valence-electron chi connectivity index (χ0n) is 16.8. The molecule has 0 N–H and O–H groups in total. The van der Waals surface area contributed by atoms with Gasteiger partial charge in [-0.2, -0.15) is 4.31 Å². The van der Waals surface area contributed by atoms with Gasteiger partial charge in [0.25, 0.3) is 0 Å². The van der Waals surface area contributed by atoms with Gasteiger partial charge in [0, 0.05) is 12.6 Å². The Morgan fingerprint density at radius 1 is 0.933 bits per heavy atom. The molecule has 3 rings (SSSR count). The summed E-state index contributed by atoms with van der Waals surface area (Å²) in [5.41, 5.74) is 0.405. The van der Waals surface area contributed by atoms with E-state index in [-0.39, 0.29) is 22.2 Å². The molecule has 7 nitrogen and oxygen atoms in total. The first-order chi connectivity index (χ1) is 14.2. The van der Waals surface area contributed by atoms with Crippen molar-refractivity contribution in [1.29, 1.82) is 0 Å². The number of Topliss-reactive ketones (excluding diaryl/α,β-unsaturated/α-hetero) is 1. The number of likely N-dealkylation sites (N-methyl/N-ethyl adjacent to an activating group) is 1. The number of esters is 1. The molecule has 156 valence electrons. The molecule has 0 aliphatic carbocycles. The Morgan fingerprint density at radius 2 is 1.63 bits per heavy atom. The van der Waals surface area contributed by atoms with Crippen molar-refractivity contribution in [3.8, 4) is 11.5 Å². The molecule has 3 aromatic rings. The molecule has 30 heavy (non-hydrogen) atoms. The van der Waals surface area contributed by atoms with Crippen molar-refractivity contribution >= 4 is 32.5 Å². The molecule has 0 atom stereocenters. The molecule has 0 fully saturated rings. The summed E-state index contributed by atoms with van der Waals surface area (Å²) >= 11 is 0. The molecule has 0 aromatic heterocycles. The number of ether oxygens (including phenoxy) is 2. The number of benzene rings is 3. The Kier molecular flexibility index (Phi) is 6.19. The Hall–Kier alpha value is -3.23. The van der Waals surface area contributed by atoms with Crippen molar-refractivity contribution in [2.45, 2.75) is 11.8 Å². The summed E-state index contributed by atoms with van der Waals surface area (Å²) < 4.78 is 37.1. The quantitative estimate of drug-likeness (QED) is 0.327. The van der Waals surface area contributed by atoms with Gasteiger partial charge < -0.3 is 9.47 Å². The predicted octanol–water partition coefficient (Wildman–Crippen LogP) is 3.28. The fraction of sp³-hybridized carbons (Fsp3) is 0.182. The van der Waals surface area contributed by atoms with E-state index in [1.165, 1.54) is 45.3 Å². The lowest BCUT2D eigenvalue weighted by Crippen LogP contribution is -2.34. The molecule has 0 unspecified atom stereocenters. The number of carbonyl (C=O) groups is 2. The molecule has 0 spiro atoms. The second-order valence-corrected chi connectivity index (χ2v) is 8.71. The maximum atomic E-state index is 12.9. The molecule has 0 saturated carbocycles. The van der Waals surface area contributed by atoms with Crippen LogP contribution in [0.2, 0.25) is 0 Å². The fourth-order valence-corrected chi connectivity index (χ4v) is 4.05. The first-order valence-corrected chi connectivity index (χ1v) is 10.5. The van der Waals surface area contributed by atoms with Gasteiger partial charge in [0.1, 0.15) is 6.54 Å². The normalized spacial score (nSPS) is 11.5. The van der Waals surface area contributed by atoms with Crippen molar-refractivity contribution in [3.63, 3.8) is 0 Å². The van der Waals surface area contributed by atoms with E-state index in [0.29, 0.717) is 5.56 Å². The minimum absolute atomic E-state index is 0.0832. The smallest absolute Gasteiger partial charge is 0.326 e. The van der Waals surface area contributed by atoms with Crippen LogP contribution in [-0.4, -0.2) is 45.2 Å². The van der Waals surface area contributed by atoms with Gasteiger partial charge >= 0.3 is 5.97 Å². The van der Waals surface area contributed by atoms with Crippen LogP contribution in [0.5, 0.6) is 11.5 Å². The topological polar surface area (TPSA) is 90.0 Å². The van der Waals surface area contributed by atoms with E-state index in [1.807, 2.05) is 24.3 Å². The van der Waals surface area contributed by atoms with E-state index in [1.54, 1.807) is 12.1 Å². The average molecular weight is 427 g/mol. The number of nitrogens with zero attached hydrogens (tertiary/aromatic N) is 1. The van der Waals surface area contributed by atoms with Crippen LogP contribution in [0.3, 0.4) is 0 Å². The van der Waals surface area contributed by atoms with Crippen LogP contribution in [0.4, 0.5) is 0 Å². The highest BCUT2D eigenvalue weighted by atomic mass is 32.2. The third-order valence-corrected chi connectivity index (χ3v) is 6.37. The number of hydrogen-bond donors (Lipinski definition) is 0. The van der Waals surface area contributed by atoms with Crippen LogP contribution in [-0.2, 0) is 14.8 Å². The Balaban J connectivity index is 1.76. The average Bonchev–Trinajstić information content (AvgIpc) is 2.73. The van der Waals surface area contributed by atoms with Gasteiger partial charge in [-0.15, -0.1) is 0 Å². The van der Waals surface area contributed by atoms with Crippen LogP contribution >= 0.6 is 0 Å². The van der Waals surface area contributed by atoms with Crippen LogP contribution in [0, 0.1) is 0 Å². The lowest BCUT2D eigenvalue weighted by Gasteiger charge is -2.17. The highest BCUT2D eigenvalue weighted by Crippen LogP contribution is 2.28. The van der Waals surface area contributed by atoms with Gasteiger partial charge in [0.2, 0.25) is 10.0 Å². The summed E-state index contributed by atoms with van der Waals surface area (Å²) in [6.07, 6.45) is 0. The van der Waals surface area contributed by atoms with Gasteiger partial charge in [0.15, 0.2) is 17.3 Å². The standard InChI is InChI=1S/C22H21NO6S/c1-15(24)17-9-11-20(21(13-17)28-3)29-22(25)14-23(2)30(26,27)19-10-8-16-6-4-5-7-18(16)12-19/h4-13H,14H2,1-3H3. The Labute approximate surface area is 174 Å². The van der Waals surface area contributed by atoms with E-state index in [2.05, 4.69) is 0 Å². The summed E-state index contributed by atoms with van der Waals surface area (Å²) in [4.78, 5) is 23.9. The molecule has 0 saturated heterocycles.